The molecule has 5 heterocycles. The Morgan fingerprint density at radius 3 is 1.82 bits per heavy atom. The van der Waals surface area contributed by atoms with Gasteiger partial charge in [0.15, 0.2) is 17.5 Å². The second-order valence-corrected chi connectivity index (χ2v) is 17.3. The number of hydrogen-bond donors (Lipinski definition) is 8. The maximum atomic E-state index is 13.9. The number of carbonyl (C=O) groups is 8. The maximum absolute atomic E-state index is 13.9. The van der Waals surface area contributed by atoms with Crippen LogP contribution in [0.15, 0.2) is 97.8 Å². The molecule has 0 spiro atoms. The van der Waals surface area contributed by atoms with Gasteiger partial charge < -0.3 is 69.9 Å². The van der Waals surface area contributed by atoms with Crippen molar-refractivity contribution in [3.8, 4) is 11.1 Å². The minimum Gasteiger partial charge on any atom is -0.475 e. The predicted octanol–water partition coefficient (Wildman–Crippen LogP) is 3.19. The first kappa shape index (κ1) is 50.6. The molecule has 5 aromatic heterocycles. The Hall–Kier alpha value is -9.81. The summed E-state index contributed by atoms with van der Waals surface area (Å²) in [5.41, 5.74) is 4.89. The molecule has 0 saturated carbocycles. The van der Waals surface area contributed by atoms with Crippen LogP contribution in [0.1, 0.15) is 82.7 Å². The van der Waals surface area contributed by atoms with E-state index in [4.69, 9.17) is 4.74 Å². The molecule has 74 heavy (non-hydrogen) atoms. The molecule has 8 rings (SSSR count). The first-order chi connectivity index (χ1) is 35.4. The number of nitrogens with one attached hydrogen (secondary N) is 7. The number of hydrogen-bond acceptors (Lipinski definition) is 12. The van der Waals surface area contributed by atoms with E-state index in [0.29, 0.717) is 5.69 Å². The molecule has 7 aromatic rings. The number of ether oxygens (including phenoxy) is 1. The van der Waals surface area contributed by atoms with Gasteiger partial charge in [-0.25, -0.2) is 24.5 Å². The first-order valence-electron chi connectivity index (χ1n) is 23.0. The third-order valence-electron chi connectivity index (χ3n) is 12.0. The molecule has 25 nitrogen and oxygen atoms in total. The Kier molecular flexibility index (Phi) is 14.8. The monoisotopic (exact) mass is 1010 g/mol. The molecule has 25 heteroatoms. The van der Waals surface area contributed by atoms with Crippen LogP contribution < -0.4 is 37.2 Å². The lowest BCUT2D eigenvalue weighted by Crippen LogP contribution is -2.46. The van der Waals surface area contributed by atoms with Crippen LogP contribution in [0.2, 0.25) is 0 Å². The molecule has 2 aromatic carbocycles. The number of amides is 7. The third kappa shape index (κ3) is 11.4. The minimum atomic E-state index is -1.29. The number of benzene rings is 2. The average Bonchev–Trinajstić information content (AvgIpc) is 4.23. The normalized spacial score (nSPS) is 12.0. The highest BCUT2D eigenvalue weighted by Crippen LogP contribution is 2.44. The summed E-state index contributed by atoms with van der Waals surface area (Å²) in [7, 11) is 7.87. The van der Waals surface area contributed by atoms with Gasteiger partial charge in [-0.3, -0.25) is 28.8 Å². The molecule has 1 aliphatic rings. The zero-order chi connectivity index (χ0) is 52.8. The predicted molar refractivity (Wildman–Crippen MR) is 266 cm³/mol. The fraction of sp³-hybridized carbons (Fsp3) is 0.245. The van der Waals surface area contributed by atoms with Gasteiger partial charge in [-0.2, -0.15) is 0 Å². The zero-order valence-corrected chi connectivity index (χ0v) is 40.6. The van der Waals surface area contributed by atoms with Gasteiger partial charge in [0.1, 0.15) is 24.0 Å². The fourth-order valence-electron chi connectivity index (χ4n) is 8.41. The summed E-state index contributed by atoms with van der Waals surface area (Å²) in [6.45, 7) is -0.240. The number of nitrogens with zero attached hydrogens (tertiary/aromatic N) is 8. The Labute approximate surface area is 421 Å². The SMILES string of the molecule is Cn1cc(NC(=O)c2nccn2C)cc1C(=O)NCCC(=O)Nc1cn(C)c(C(=O)NCCC(NC(=O)OCC2c3ccccc3-c3ccccc32)C(=O)Nc2cc(C(=O)Nc3cn(C)c(C(=O)O)n3)n(C)c2)n1. The van der Waals surface area contributed by atoms with Gasteiger partial charge >= 0.3 is 12.1 Å². The molecule has 0 bridgehead atoms. The summed E-state index contributed by atoms with van der Waals surface area (Å²) in [4.78, 5) is 116. The molecule has 0 aliphatic heterocycles. The van der Waals surface area contributed by atoms with E-state index in [-0.39, 0.29) is 84.6 Å². The van der Waals surface area contributed by atoms with E-state index < -0.39 is 53.5 Å². The molecule has 0 saturated heterocycles. The van der Waals surface area contributed by atoms with Gasteiger partial charge in [-0.05, 0) is 40.8 Å². The summed E-state index contributed by atoms with van der Waals surface area (Å²) in [5, 5.41) is 27.9. The second-order valence-electron chi connectivity index (χ2n) is 17.3. The number of rotatable bonds is 19. The molecule has 1 aliphatic carbocycles. The number of imidazole rings is 3. The quantitative estimate of drug-likeness (QED) is 0.0578. The maximum Gasteiger partial charge on any atom is 0.407 e. The van der Waals surface area contributed by atoms with Crippen LogP contribution >= 0.6 is 0 Å². The fourth-order valence-corrected chi connectivity index (χ4v) is 8.41. The van der Waals surface area contributed by atoms with E-state index in [1.54, 1.807) is 38.1 Å². The van der Waals surface area contributed by atoms with Crippen LogP contribution in [-0.2, 0) is 49.6 Å². The standard InChI is InChI=1S/C49H51N15O10/c1-60-19-18-50-40(60)47(70)54-28-20-35(61(2)23-28)44(67)51-17-15-39(65)56-37-24-63(4)41(57-37)46(69)52-16-14-34(55-49(73)74-26-33-31-12-8-6-10-29(31)30-11-7-9-13-32(30)33)43(66)53-27-21-36(62(3)22-27)45(68)59-38-25-64(5)42(58-38)48(71)72/h6-13,18-25,33-34H,14-17,26H2,1-5H3,(H,51,67)(H,52,69)(H,53,66)(H,54,70)(H,55,73)(H,56,65)(H,59,68)(H,71,72). The smallest absolute Gasteiger partial charge is 0.407 e. The van der Waals surface area contributed by atoms with Crippen LogP contribution in [0.25, 0.3) is 11.1 Å². The van der Waals surface area contributed by atoms with E-state index >= 15 is 0 Å². The van der Waals surface area contributed by atoms with Crippen LogP contribution in [-0.4, -0.2) is 116 Å². The van der Waals surface area contributed by atoms with Crippen molar-refractivity contribution in [2.24, 2.45) is 35.2 Å². The lowest BCUT2D eigenvalue weighted by molar-refractivity contribution is -0.118. The Morgan fingerprint density at radius 2 is 1.20 bits per heavy atom. The summed E-state index contributed by atoms with van der Waals surface area (Å²) >= 11 is 0. The van der Waals surface area contributed by atoms with Gasteiger partial charge in [0.05, 0.1) is 11.4 Å². The van der Waals surface area contributed by atoms with Crippen molar-refractivity contribution in [3.63, 3.8) is 0 Å². The molecule has 0 fully saturated rings. The molecule has 0 radical (unpaired) electrons. The Balaban J connectivity index is 0.866. The minimum absolute atomic E-state index is 0.00688. The van der Waals surface area contributed by atoms with Crippen LogP contribution in [0.3, 0.4) is 0 Å². The Morgan fingerprint density at radius 1 is 0.622 bits per heavy atom. The number of aromatic carboxylic acids is 1. The molecular weight excluding hydrogens is 959 g/mol. The topological polar surface area (TPSA) is 314 Å². The van der Waals surface area contributed by atoms with Crippen molar-refractivity contribution in [2.45, 2.75) is 24.8 Å². The van der Waals surface area contributed by atoms with E-state index in [0.717, 1.165) is 22.3 Å². The van der Waals surface area contributed by atoms with Crippen LogP contribution in [0.5, 0.6) is 0 Å². The van der Waals surface area contributed by atoms with E-state index in [9.17, 15) is 43.5 Å². The summed E-state index contributed by atoms with van der Waals surface area (Å²) in [5.74, 6) is -5.16. The summed E-state index contributed by atoms with van der Waals surface area (Å²) < 4.78 is 12.9. The lowest BCUT2D eigenvalue weighted by Gasteiger charge is -2.20. The summed E-state index contributed by atoms with van der Waals surface area (Å²) in [6.07, 6.45) is 7.72. The highest BCUT2D eigenvalue weighted by Gasteiger charge is 2.31. The molecule has 8 N–H and O–H groups in total. The zero-order valence-electron chi connectivity index (χ0n) is 40.6. The highest BCUT2D eigenvalue weighted by atomic mass is 16.5. The second kappa shape index (κ2) is 21.7. The molecule has 7 amide bonds. The number of aryl methyl sites for hydroxylation is 5. The number of anilines is 4. The molecule has 1 atom stereocenters. The van der Waals surface area contributed by atoms with E-state index in [1.165, 1.54) is 69.3 Å². The van der Waals surface area contributed by atoms with Gasteiger partial charge in [0.2, 0.25) is 23.5 Å². The first-order valence-corrected chi connectivity index (χ1v) is 23.0. The van der Waals surface area contributed by atoms with Gasteiger partial charge in [-0.1, -0.05) is 48.5 Å². The van der Waals surface area contributed by atoms with Gasteiger partial charge in [-0.15, -0.1) is 0 Å². The molecule has 382 valence electrons. The third-order valence-corrected chi connectivity index (χ3v) is 12.0. The lowest BCUT2D eigenvalue weighted by atomic mass is 9.98. The number of aromatic nitrogens is 8. The number of fused-ring (bicyclic) bond motifs is 3. The van der Waals surface area contributed by atoms with Crippen molar-refractivity contribution < 1.29 is 48.2 Å². The van der Waals surface area contributed by atoms with E-state index in [2.05, 4.69) is 52.2 Å². The summed E-state index contributed by atoms with van der Waals surface area (Å²) in [6, 6.07) is 17.2. The van der Waals surface area contributed by atoms with Gasteiger partial charge in [0.25, 0.3) is 23.6 Å². The van der Waals surface area contributed by atoms with Crippen molar-refractivity contribution in [1.29, 1.82) is 0 Å². The van der Waals surface area contributed by atoms with Crippen molar-refractivity contribution in [1.82, 2.24) is 53.7 Å². The van der Waals surface area contributed by atoms with Gasteiger partial charge in [0, 0.05) is 97.8 Å². The van der Waals surface area contributed by atoms with Crippen molar-refractivity contribution >= 4 is 70.5 Å². The van der Waals surface area contributed by atoms with Crippen LogP contribution in [0, 0.1) is 0 Å². The number of alkyl carbamates (subject to hydrolysis) is 1. The van der Waals surface area contributed by atoms with E-state index in [1.807, 2.05) is 48.5 Å². The number of carboxylic acids is 1. The number of carboxylic acid groups (broad SMARTS) is 1. The highest BCUT2D eigenvalue weighted by molar-refractivity contribution is 6.05. The number of carbonyl (C=O) groups excluding carboxylic acids is 7. The Bertz CT molecular complexity index is 3290. The molecule has 1 unspecified atom stereocenters. The van der Waals surface area contributed by atoms with Crippen molar-refractivity contribution in [2.75, 3.05) is 41.0 Å². The molecular formula is C49H51N15O10. The van der Waals surface area contributed by atoms with Crippen molar-refractivity contribution in [3.05, 3.63) is 138 Å². The largest absolute Gasteiger partial charge is 0.475 e. The van der Waals surface area contributed by atoms with Crippen LogP contribution in [0.4, 0.5) is 27.8 Å². The average molecular weight is 1010 g/mol.